The second kappa shape index (κ2) is 13.9. The van der Waals surface area contributed by atoms with Gasteiger partial charge in [0.25, 0.3) is 0 Å². The maximum atomic E-state index is 13.6. The number of nitrogens with zero attached hydrogens (tertiary/aromatic N) is 2. The van der Waals surface area contributed by atoms with Crippen molar-refractivity contribution >= 4 is 28.5 Å². The van der Waals surface area contributed by atoms with Crippen LogP contribution < -0.4 is 15.4 Å². The highest BCUT2D eigenvalue weighted by Gasteiger charge is 2.34. The van der Waals surface area contributed by atoms with Gasteiger partial charge < -0.3 is 24.8 Å². The average molecular weight is 569 g/mol. The first-order valence-corrected chi connectivity index (χ1v) is 14.2. The summed E-state index contributed by atoms with van der Waals surface area (Å²) >= 11 is 0. The summed E-state index contributed by atoms with van der Waals surface area (Å²) in [5.41, 5.74) is 3.32. The molecule has 0 saturated carbocycles. The van der Waals surface area contributed by atoms with Gasteiger partial charge in [-0.2, -0.15) is 0 Å². The van der Waals surface area contributed by atoms with E-state index < -0.39 is 5.97 Å². The van der Waals surface area contributed by atoms with Gasteiger partial charge in [-0.15, -0.1) is 0 Å². The third-order valence-electron chi connectivity index (χ3n) is 7.36. The molecule has 0 spiro atoms. The van der Waals surface area contributed by atoms with Gasteiger partial charge in [-0.05, 0) is 30.7 Å². The molecule has 9 heteroatoms. The lowest BCUT2D eigenvalue weighted by atomic mass is 9.94. The Kier molecular flexibility index (Phi) is 9.63. The lowest BCUT2D eigenvalue weighted by Gasteiger charge is -2.22. The number of hydrogen-bond donors (Lipinski definition) is 2. The number of anilines is 1. The summed E-state index contributed by atoms with van der Waals surface area (Å²) in [5, 5.41) is 7.94. The molecule has 1 fully saturated rings. The Bertz CT molecular complexity index is 1500. The van der Waals surface area contributed by atoms with Crippen LogP contribution in [0.2, 0.25) is 0 Å². The number of aromatic nitrogens is 1. The number of methoxy groups -OCH3 is 1. The van der Waals surface area contributed by atoms with E-state index in [1.54, 1.807) is 32.4 Å². The van der Waals surface area contributed by atoms with Gasteiger partial charge in [-0.1, -0.05) is 60.7 Å². The van der Waals surface area contributed by atoms with Crippen molar-refractivity contribution in [1.82, 2.24) is 15.2 Å². The summed E-state index contributed by atoms with van der Waals surface area (Å²) < 4.78 is 15.9. The SMILES string of the molecule is CCOC(=O)COc1ccc2c(NC(=O)N[C@@H]3CN(CCOC)C[C@H]3c3ccccc3)c(-c3ccccc3)ncc2c1. The monoisotopic (exact) mass is 568 g/mol. The van der Waals surface area contributed by atoms with E-state index in [0.29, 0.717) is 30.3 Å². The second-order valence-corrected chi connectivity index (χ2v) is 10.2. The van der Waals surface area contributed by atoms with Crippen LogP contribution in [0.3, 0.4) is 0 Å². The molecule has 1 aliphatic heterocycles. The van der Waals surface area contributed by atoms with Crippen LogP contribution in [0, 0.1) is 0 Å². The van der Waals surface area contributed by atoms with E-state index in [1.165, 1.54) is 5.56 Å². The van der Waals surface area contributed by atoms with Crippen LogP contribution in [0.15, 0.2) is 85.1 Å². The third-order valence-corrected chi connectivity index (χ3v) is 7.36. The van der Waals surface area contributed by atoms with Crippen LogP contribution in [0.5, 0.6) is 5.75 Å². The molecule has 1 aliphatic rings. The number of ether oxygens (including phenoxy) is 3. The second-order valence-electron chi connectivity index (χ2n) is 10.2. The highest BCUT2D eigenvalue weighted by atomic mass is 16.6. The van der Waals surface area contributed by atoms with Gasteiger partial charge >= 0.3 is 12.0 Å². The number of benzene rings is 3. The molecule has 4 aromatic rings. The molecule has 1 saturated heterocycles. The minimum atomic E-state index is -0.435. The van der Waals surface area contributed by atoms with Crippen LogP contribution in [0.25, 0.3) is 22.0 Å². The maximum Gasteiger partial charge on any atom is 0.344 e. The van der Waals surface area contributed by atoms with Gasteiger partial charge in [0, 0.05) is 55.2 Å². The number of likely N-dealkylation sites (tertiary alicyclic amines) is 1. The van der Waals surface area contributed by atoms with Crippen LogP contribution in [-0.4, -0.2) is 74.5 Å². The first-order chi connectivity index (χ1) is 20.6. The summed E-state index contributed by atoms with van der Waals surface area (Å²) in [4.78, 5) is 32.4. The first-order valence-electron chi connectivity index (χ1n) is 14.2. The Labute approximate surface area is 245 Å². The number of esters is 1. The zero-order valence-electron chi connectivity index (χ0n) is 23.9. The molecular formula is C33H36N4O5. The molecule has 218 valence electrons. The summed E-state index contributed by atoms with van der Waals surface area (Å²) in [6, 6.07) is 25.1. The molecule has 0 bridgehead atoms. The number of urea groups is 1. The molecule has 2 atom stereocenters. The molecule has 42 heavy (non-hydrogen) atoms. The first kappa shape index (κ1) is 29.0. The molecule has 5 rings (SSSR count). The van der Waals surface area contributed by atoms with E-state index in [0.717, 1.165) is 36.0 Å². The number of pyridine rings is 1. The smallest absolute Gasteiger partial charge is 0.344 e. The number of fused-ring (bicyclic) bond motifs is 1. The van der Waals surface area contributed by atoms with Crippen LogP contribution in [0.1, 0.15) is 18.4 Å². The van der Waals surface area contributed by atoms with Crippen molar-refractivity contribution < 1.29 is 23.8 Å². The minimum absolute atomic E-state index is 0.0877. The number of carbonyl (C=O) groups excluding carboxylic acids is 2. The van der Waals surface area contributed by atoms with Gasteiger partial charge in [-0.3, -0.25) is 9.88 Å². The van der Waals surface area contributed by atoms with Gasteiger partial charge in [0.1, 0.15) is 5.75 Å². The van der Waals surface area contributed by atoms with Gasteiger partial charge in [0.15, 0.2) is 6.61 Å². The van der Waals surface area contributed by atoms with E-state index in [2.05, 4.69) is 27.7 Å². The van der Waals surface area contributed by atoms with Crippen LogP contribution in [-0.2, 0) is 14.3 Å². The minimum Gasteiger partial charge on any atom is -0.482 e. The van der Waals surface area contributed by atoms with E-state index in [-0.39, 0.29) is 24.6 Å². The Balaban J connectivity index is 1.41. The number of rotatable bonds is 11. The van der Waals surface area contributed by atoms with E-state index in [9.17, 15) is 9.59 Å². The molecule has 3 aromatic carbocycles. The molecule has 2 heterocycles. The number of amides is 2. The van der Waals surface area contributed by atoms with Gasteiger partial charge in [0.05, 0.1) is 30.6 Å². The fraction of sp³-hybridized carbons (Fsp3) is 0.303. The van der Waals surface area contributed by atoms with Crippen LogP contribution in [0.4, 0.5) is 10.5 Å². The predicted octanol–water partition coefficient (Wildman–Crippen LogP) is 5.08. The molecule has 9 nitrogen and oxygen atoms in total. The molecular weight excluding hydrogens is 532 g/mol. The molecule has 1 aromatic heterocycles. The van der Waals surface area contributed by atoms with Crippen molar-refractivity contribution in [3.8, 4) is 17.0 Å². The average Bonchev–Trinajstić information content (AvgIpc) is 3.42. The van der Waals surface area contributed by atoms with E-state index in [4.69, 9.17) is 19.2 Å². The van der Waals surface area contributed by atoms with Gasteiger partial charge in [0.2, 0.25) is 0 Å². The van der Waals surface area contributed by atoms with Crippen LogP contribution >= 0.6 is 0 Å². The van der Waals surface area contributed by atoms with Crippen molar-refractivity contribution in [2.45, 2.75) is 18.9 Å². The van der Waals surface area contributed by atoms with Gasteiger partial charge in [-0.25, -0.2) is 9.59 Å². The summed E-state index contributed by atoms with van der Waals surface area (Å²) in [5.74, 6) is 0.218. The Morgan fingerprint density at radius 1 is 1.00 bits per heavy atom. The van der Waals surface area contributed by atoms with Crippen molar-refractivity contribution in [1.29, 1.82) is 0 Å². The van der Waals surface area contributed by atoms with Crippen molar-refractivity contribution in [2.24, 2.45) is 0 Å². The third kappa shape index (κ3) is 7.05. The molecule has 0 unspecified atom stereocenters. The Morgan fingerprint density at radius 3 is 2.50 bits per heavy atom. The Hall–Kier alpha value is -4.47. The molecule has 0 aliphatic carbocycles. The van der Waals surface area contributed by atoms with Crippen molar-refractivity contribution in [3.63, 3.8) is 0 Å². The largest absolute Gasteiger partial charge is 0.482 e. The lowest BCUT2D eigenvalue weighted by molar-refractivity contribution is -0.145. The normalized spacial score (nSPS) is 16.7. The zero-order chi connectivity index (χ0) is 29.3. The van der Waals surface area contributed by atoms with E-state index >= 15 is 0 Å². The fourth-order valence-corrected chi connectivity index (χ4v) is 5.37. The topological polar surface area (TPSA) is 102 Å². The Morgan fingerprint density at radius 2 is 1.76 bits per heavy atom. The standard InChI is InChI=1S/C33H36N4O5/c1-3-41-30(38)22-42-26-14-15-27-25(18-26)19-34-31(24-12-8-5-9-13-24)32(27)36-33(39)35-29-21-37(16-17-40-2)20-28(29)23-10-6-4-7-11-23/h4-15,18-19,28-29H,3,16-17,20-22H2,1-2H3,(H2,35,36,39)/t28-,29+/m0/s1. The highest BCUT2D eigenvalue weighted by molar-refractivity contribution is 6.06. The summed E-state index contributed by atoms with van der Waals surface area (Å²) in [7, 11) is 1.70. The highest BCUT2D eigenvalue weighted by Crippen LogP contribution is 2.35. The summed E-state index contributed by atoms with van der Waals surface area (Å²) in [6.45, 7) is 4.84. The number of hydrogen-bond acceptors (Lipinski definition) is 7. The lowest BCUT2D eigenvalue weighted by Crippen LogP contribution is -2.42. The fourth-order valence-electron chi connectivity index (χ4n) is 5.37. The summed E-state index contributed by atoms with van der Waals surface area (Å²) in [6.07, 6.45) is 1.74. The molecule has 2 N–H and O–H groups in total. The zero-order valence-corrected chi connectivity index (χ0v) is 23.9. The van der Waals surface area contributed by atoms with E-state index in [1.807, 2.05) is 54.6 Å². The van der Waals surface area contributed by atoms with Crippen molar-refractivity contribution in [3.05, 3.63) is 90.6 Å². The molecule has 2 amide bonds. The number of nitrogens with one attached hydrogen (secondary N) is 2. The quantitative estimate of drug-likeness (QED) is 0.243. The molecule has 0 radical (unpaired) electrons. The number of carbonyl (C=O) groups is 2. The maximum absolute atomic E-state index is 13.6. The predicted molar refractivity (Wildman–Crippen MR) is 163 cm³/mol. The van der Waals surface area contributed by atoms with Crippen molar-refractivity contribution in [2.75, 3.05) is 51.9 Å².